The second-order valence-electron chi connectivity index (χ2n) is 16.8. The number of benzene rings is 2. The quantitative estimate of drug-likeness (QED) is 0.0294. The van der Waals surface area contributed by atoms with Gasteiger partial charge in [0.25, 0.3) is 0 Å². The lowest BCUT2D eigenvalue weighted by atomic mass is 9.97. The summed E-state index contributed by atoms with van der Waals surface area (Å²) in [7, 11) is 1.41. The number of rotatable bonds is 24. The Balaban J connectivity index is 1.62. The lowest BCUT2D eigenvalue weighted by Crippen LogP contribution is -2.61. The molecular weight excluding hydrogens is 891 g/mol. The number of nitrogens with two attached hydrogens (primary N) is 2. The summed E-state index contributed by atoms with van der Waals surface area (Å²) in [5.74, 6) is -10.5. The van der Waals surface area contributed by atoms with Crippen molar-refractivity contribution < 1.29 is 63.3 Å². The van der Waals surface area contributed by atoms with Crippen LogP contribution in [0, 0.1) is 0 Å². The van der Waals surface area contributed by atoms with E-state index in [1.54, 1.807) is 18.2 Å². The largest absolute Gasteiger partial charge is 0.481 e. The molecular formula is C44H61N11O13. The highest BCUT2D eigenvalue weighted by molar-refractivity contribution is 5.98. The van der Waals surface area contributed by atoms with Gasteiger partial charge in [0.15, 0.2) is 5.96 Å². The van der Waals surface area contributed by atoms with Crippen LogP contribution in [0.1, 0.15) is 70.3 Å². The number of guanidine groups is 1. The predicted octanol–water partition coefficient (Wildman–Crippen LogP) is -2.49. The van der Waals surface area contributed by atoms with Gasteiger partial charge < -0.3 is 68.5 Å². The Morgan fingerprint density at radius 2 is 1.43 bits per heavy atom. The molecule has 2 heterocycles. The number of nitrogens with one attached hydrogen (secondary N) is 6. The number of aliphatic carboxylic acids is 3. The zero-order chi connectivity index (χ0) is 50.1. The van der Waals surface area contributed by atoms with Gasteiger partial charge in [-0.2, -0.15) is 0 Å². The summed E-state index contributed by atoms with van der Waals surface area (Å²) in [5.41, 5.74) is 11.5. The molecule has 2 saturated heterocycles. The van der Waals surface area contributed by atoms with Gasteiger partial charge in [0.05, 0.1) is 25.4 Å². The minimum Gasteiger partial charge on any atom is -0.481 e. The molecule has 0 aliphatic carbocycles. The van der Waals surface area contributed by atoms with Gasteiger partial charge in [0.2, 0.25) is 41.4 Å². The molecule has 13 N–H and O–H groups in total. The topological polar surface area (TPSA) is 374 Å². The van der Waals surface area contributed by atoms with Gasteiger partial charge in [-0.1, -0.05) is 42.5 Å². The molecule has 370 valence electrons. The van der Waals surface area contributed by atoms with Crippen LogP contribution in [0.5, 0.6) is 0 Å². The zero-order valence-electron chi connectivity index (χ0n) is 37.9. The summed E-state index contributed by atoms with van der Waals surface area (Å²) < 4.78 is 0. The van der Waals surface area contributed by atoms with Crippen molar-refractivity contribution in [3.63, 3.8) is 0 Å². The van der Waals surface area contributed by atoms with E-state index in [1.165, 1.54) is 11.9 Å². The summed E-state index contributed by atoms with van der Waals surface area (Å²) in [6.07, 6.45) is 0.248. The second kappa shape index (κ2) is 25.5. The highest BCUT2D eigenvalue weighted by atomic mass is 16.4. The number of piperidine rings is 1. The molecule has 24 nitrogen and oxygen atoms in total. The van der Waals surface area contributed by atoms with E-state index >= 15 is 0 Å². The molecule has 2 aliphatic heterocycles. The molecule has 0 saturated carbocycles. The van der Waals surface area contributed by atoms with Gasteiger partial charge in [-0.25, -0.2) is 0 Å². The number of carbonyl (C=O) groups is 10. The molecule has 2 aliphatic rings. The van der Waals surface area contributed by atoms with E-state index in [0.717, 1.165) is 29.0 Å². The molecule has 2 aromatic rings. The Morgan fingerprint density at radius 3 is 2.07 bits per heavy atom. The smallest absolute Gasteiger partial charge is 0.325 e. The van der Waals surface area contributed by atoms with Crippen molar-refractivity contribution in [1.82, 2.24) is 41.7 Å². The molecule has 0 bridgehead atoms. The van der Waals surface area contributed by atoms with Crippen molar-refractivity contribution in [1.29, 1.82) is 0 Å². The number of nitrogens with zero attached hydrogens (tertiary/aromatic N) is 3. The van der Waals surface area contributed by atoms with Crippen LogP contribution in [0.4, 0.5) is 0 Å². The lowest BCUT2D eigenvalue weighted by Gasteiger charge is -2.37. The van der Waals surface area contributed by atoms with E-state index in [0.29, 0.717) is 31.4 Å². The Hall–Kier alpha value is -7.37. The first-order chi connectivity index (χ1) is 32.2. The first-order valence-corrected chi connectivity index (χ1v) is 22.2. The Kier molecular flexibility index (Phi) is 20.0. The van der Waals surface area contributed by atoms with Crippen LogP contribution in [0.3, 0.4) is 0 Å². The fourth-order valence-corrected chi connectivity index (χ4v) is 7.89. The van der Waals surface area contributed by atoms with E-state index in [-0.39, 0.29) is 50.6 Å². The summed E-state index contributed by atoms with van der Waals surface area (Å²) >= 11 is 0. The third kappa shape index (κ3) is 16.2. The molecule has 0 spiro atoms. The maximum atomic E-state index is 14.5. The van der Waals surface area contributed by atoms with Crippen molar-refractivity contribution in [3.8, 4) is 0 Å². The van der Waals surface area contributed by atoms with Crippen LogP contribution in [0.25, 0.3) is 10.8 Å². The minimum absolute atomic E-state index is 0.00937. The number of hydrogen-bond acceptors (Lipinski definition) is 12. The van der Waals surface area contributed by atoms with E-state index in [4.69, 9.17) is 11.5 Å². The van der Waals surface area contributed by atoms with Crippen LogP contribution in [-0.4, -0.2) is 166 Å². The molecule has 24 heteroatoms. The molecule has 68 heavy (non-hydrogen) atoms. The number of hydrogen-bond donors (Lipinski definition) is 11. The fraction of sp³-hybridized carbons (Fsp3) is 0.523. The van der Waals surface area contributed by atoms with Crippen LogP contribution in [-0.2, 0) is 54.4 Å². The summed E-state index contributed by atoms with van der Waals surface area (Å²) in [5, 5.41) is 45.4. The SMILES string of the molecule is C[C@@H](NC(=O)[C@H](CC(=O)O)NC(=O)[C@H](CCCN=C(N)N)NC(=O)[C@H](Cc1ccc2ccccc2c1)NC(=O)[C@@H]1CCCCN1C(=O)[C@@H](CC(=O)O)NC(=O)CN(C)C(=O)[C@@H]1CCCN1)C(=O)O. The van der Waals surface area contributed by atoms with Crippen LogP contribution >= 0.6 is 0 Å². The van der Waals surface area contributed by atoms with Crippen molar-refractivity contribution in [2.24, 2.45) is 16.5 Å². The average Bonchev–Trinajstić information content (AvgIpc) is 3.83. The number of aliphatic imine (C=N–C) groups is 1. The van der Waals surface area contributed by atoms with Gasteiger partial charge in [-0.05, 0) is 74.8 Å². The van der Waals surface area contributed by atoms with Gasteiger partial charge in [-0.15, -0.1) is 0 Å². The third-order valence-corrected chi connectivity index (χ3v) is 11.4. The summed E-state index contributed by atoms with van der Waals surface area (Å²) in [4.78, 5) is 137. The Bertz CT molecular complexity index is 2230. The molecule has 0 aromatic heterocycles. The van der Waals surface area contributed by atoms with E-state index in [9.17, 15) is 63.3 Å². The zero-order valence-corrected chi connectivity index (χ0v) is 37.9. The van der Waals surface area contributed by atoms with E-state index < -0.39 is 115 Å². The highest BCUT2D eigenvalue weighted by Gasteiger charge is 2.39. The van der Waals surface area contributed by atoms with Crippen LogP contribution in [0.15, 0.2) is 47.5 Å². The molecule has 0 radical (unpaired) electrons. The lowest BCUT2D eigenvalue weighted by molar-refractivity contribution is -0.149. The predicted molar refractivity (Wildman–Crippen MR) is 243 cm³/mol. The summed E-state index contributed by atoms with van der Waals surface area (Å²) in [6.45, 7) is 1.27. The molecule has 2 aromatic carbocycles. The molecule has 7 amide bonds. The fourth-order valence-electron chi connectivity index (χ4n) is 7.89. The van der Waals surface area contributed by atoms with Crippen LogP contribution in [0.2, 0.25) is 0 Å². The molecule has 4 rings (SSSR count). The summed E-state index contributed by atoms with van der Waals surface area (Å²) in [6, 6.07) is 3.12. The van der Waals surface area contributed by atoms with E-state index in [2.05, 4.69) is 36.9 Å². The standard InChI is InChI=1S/C44H61N11O13/c1-24(43(67)68)49-38(62)31(21-35(57)58)52-37(61)28(11-7-17-48-44(45)46)51-39(63)30(20-25-14-15-26-9-3-4-10-27(26)19-25)53-40(64)33-13-5-6-18-55(33)42(66)32(22-36(59)60)50-34(56)23-54(2)41(65)29-12-8-16-47-29/h3-4,9-10,14-15,19,24,28-33,47H,5-8,11-13,16-18,20-23H2,1-2H3,(H,49,62)(H,50,56)(H,51,63)(H,52,61)(H,53,64)(H,57,58)(H,59,60)(H,67,68)(H4,45,46,48)/t24-,28+,29+,30+,31+,32-,33+/m1/s1. The minimum atomic E-state index is -1.78. The number of amides is 7. The van der Waals surface area contributed by atoms with E-state index in [1.807, 2.05) is 24.3 Å². The number of carboxylic acids is 3. The van der Waals surface area contributed by atoms with Gasteiger partial charge in [0, 0.05) is 26.6 Å². The Labute approximate surface area is 391 Å². The maximum Gasteiger partial charge on any atom is 0.325 e. The van der Waals surface area contributed by atoms with Crippen molar-refractivity contribution in [2.75, 3.05) is 33.2 Å². The maximum absolute atomic E-state index is 14.5. The Morgan fingerprint density at radius 1 is 0.779 bits per heavy atom. The van der Waals surface area contributed by atoms with Crippen molar-refractivity contribution in [3.05, 3.63) is 48.0 Å². The molecule has 7 atom stereocenters. The molecule has 2 fully saturated rings. The number of carboxylic acid groups (broad SMARTS) is 3. The monoisotopic (exact) mass is 951 g/mol. The van der Waals surface area contributed by atoms with Gasteiger partial charge in [0.1, 0.15) is 36.3 Å². The first kappa shape index (κ1) is 53.2. The molecule has 0 unspecified atom stereocenters. The first-order valence-electron chi connectivity index (χ1n) is 22.2. The number of carbonyl (C=O) groups excluding carboxylic acids is 7. The van der Waals surface area contributed by atoms with Crippen LogP contribution < -0.4 is 43.4 Å². The third-order valence-electron chi connectivity index (χ3n) is 11.4. The number of fused-ring (bicyclic) bond motifs is 1. The average molecular weight is 952 g/mol. The number of likely N-dealkylation sites (N-methyl/N-ethyl adjacent to an activating group) is 1. The van der Waals surface area contributed by atoms with Crippen molar-refractivity contribution >= 4 is 76.0 Å². The van der Waals surface area contributed by atoms with Gasteiger partial charge in [-0.3, -0.25) is 52.9 Å². The van der Waals surface area contributed by atoms with Gasteiger partial charge >= 0.3 is 17.9 Å². The highest BCUT2D eigenvalue weighted by Crippen LogP contribution is 2.21. The normalized spacial score (nSPS) is 17.8. The number of likely N-dealkylation sites (tertiary alicyclic amines) is 1. The second-order valence-corrected chi connectivity index (χ2v) is 16.8. The van der Waals surface area contributed by atoms with Crippen molar-refractivity contribution in [2.45, 2.75) is 113 Å².